The fourth-order valence-electron chi connectivity index (χ4n) is 1.41. The Morgan fingerprint density at radius 3 is 2.83 bits per heavy atom. The molecule has 0 radical (unpaired) electrons. The van der Waals surface area contributed by atoms with Crippen LogP contribution in [0.5, 0.6) is 5.88 Å². The predicted octanol–water partition coefficient (Wildman–Crippen LogP) is 2.27. The van der Waals surface area contributed by atoms with Gasteiger partial charge in [0.25, 0.3) is 0 Å². The van der Waals surface area contributed by atoms with Gasteiger partial charge in [0.1, 0.15) is 12.1 Å². The van der Waals surface area contributed by atoms with Gasteiger partial charge in [0.2, 0.25) is 5.88 Å². The minimum absolute atomic E-state index is 0.601. The molecule has 0 saturated heterocycles. The highest BCUT2D eigenvalue weighted by Gasteiger charge is 1.99. The maximum atomic E-state index is 5.45. The molecule has 0 atom stereocenters. The summed E-state index contributed by atoms with van der Waals surface area (Å²) in [4.78, 5) is 12.2. The fraction of sp³-hybridized carbons (Fsp3) is 0.308. The van der Waals surface area contributed by atoms with Crippen molar-refractivity contribution in [2.75, 3.05) is 11.9 Å². The maximum Gasteiger partial charge on any atom is 0.218 e. The molecule has 5 nitrogen and oxygen atoms in total. The lowest BCUT2D eigenvalue weighted by atomic mass is 10.3. The summed E-state index contributed by atoms with van der Waals surface area (Å²) in [5, 5.41) is 3.22. The van der Waals surface area contributed by atoms with E-state index in [2.05, 4.69) is 27.2 Å². The van der Waals surface area contributed by atoms with E-state index in [4.69, 9.17) is 4.74 Å². The molecule has 0 fully saturated rings. The molecule has 0 amide bonds. The molecule has 2 rings (SSSR count). The molecule has 18 heavy (non-hydrogen) atoms. The van der Waals surface area contributed by atoms with Gasteiger partial charge in [-0.3, -0.25) is 4.98 Å². The van der Waals surface area contributed by atoms with E-state index >= 15 is 0 Å². The van der Waals surface area contributed by atoms with Gasteiger partial charge in [0.05, 0.1) is 6.61 Å². The fourth-order valence-corrected chi connectivity index (χ4v) is 1.41. The summed E-state index contributed by atoms with van der Waals surface area (Å²) in [6, 6.07) is 5.72. The van der Waals surface area contributed by atoms with Gasteiger partial charge in [0.15, 0.2) is 0 Å². The number of hydrogen-bond donors (Lipinski definition) is 1. The third-order valence-corrected chi connectivity index (χ3v) is 2.32. The molecule has 0 aliphatic carbocycles. The highest BCUT2D eigenvalue weighted by molar-refractivity contribution is 5.37. The van der Waals surface area contributed by atoms with Crippen molar-refractivity contribution in [1.82, 2.24) is 15.0 Å². The Hall–Kier alpha value is -2.17. The highest BCUT2D eigenvalue weighted by atomic mass is 16.5. The van der Waals surface area contributed by atoms with Crippen LogP contribution in [-0.2, 0) is 6.54 Å². The Morgan fingerprint density at radius 2 is 2.06 bits per heavy atom. The van der Waals surface area contributed by atoms with Gasteiger partial charge in [-0.1, -0.05) is 6.92 Å². The van der Waals surface area contributed by atoms with Crippen LogP contribution in [0.4, 0.5) is 5.82 Å². The van der Waals surface area contributed by atoms with Gasteiger partial charge in [-0.15, -0.1) is 0 Å². The molecule has 94 valence electrons. The predicted molar refractivity (Wildman–Crippen MR) is 69.4 cm³/mol. The molecular formula is C13H16N4O. The number of aromatic nitrogens is 3. The van der Waals surface area contributed by atoms with Crippen LogP contribution in [0.15, 0.2) is 36.9 Å². The Labute approximate surface area is 106 Å². The normalized spacial score (nSPS) is 10.1. The van der Waals surface area contributed by atoms with E-state index in [1.165, 1.54) is 6.33 Å². The van der Waals surface area contributed by atoms with Crippen molar-refractivity contribution in [3.05, 3.63) is 42.5 Å². The summed E-state index contributed by atoms with van der Waals surface area (Å²) in [7, 11) is 0. The number of pyridine rings is 1. The van der Waals surface area contributed by atoms with E-state index in [9.17, 15) is 0 Å². The van der Waals surface area contributed by atoms with Crippen molar-refractivity contribution >= 4 is 5.82 Å². The molecular weight excluding hydrogens is 228 g/mol. The van der Waals surface area contributed by atoms with Crippen LogP contribution in [0.1, 0.15) is 18.9 Å². The summed E-state index contributed by atoms with van der Waals surface area (Å²) in [5.41, 5.74) is 1.15. The number of nitrogens with one attached hydrogen (secondary N) is 1. The molecule has 0 unspecified atom stereocenters. The molecule has 0 bridgehead atoms. The lowest BCUT2D eigenvalue weighted by molar-refractivity contribution is 0.305. The zero-order chi connectivity index (χ0) is 12.6. The average Bonchev–Trinajstić information content (AvgIpc) is 2.44. The lowest BCUT2D eigenvalue weighted by Crippen LogP contribution is -2.03. The third kappa shape index (κ3) is 3.69. The van der Waals surface area contributed by atoms with Gasteiger partial charge >= 0.3 is 0 Å². The van der Waals surface area contributed by atoms with Crippen molar-refractivity contribution in [3.63, 3.8) is 0 Å². The quantitative estimate of drug-likeness (QED) is 0.844. The van der Waals surface area contributed by atoms with Crippen LogP contribution in [-0.4, -0.2) is 21.6 Å². The molecule has 2 aromatic rings. The monoisotopic (exact) mass is 244 g/mol. The van der Waals surface area contributed by atoms with Gasteiger partial charge < -0.3 is 10.1 Å². The first-order valence-electron chi connectivity index (χ1n) is 5.96. The number of anilines is 1. The molecule has 2 aromatic heterocycles. The Bertz CT molecular complexity index is 475. The third-order valence-electron chi connectivity index (χ3n) is 2.32. The molecule has 0 aliphatic heterocycles. The first kappa shape index (κ1) is 12.3. The zero-order valence-corrected chi connectivity index (χ0v) is 10.3. The minimum Gasteiger partial charge on any atom is -0.478 e. The summed E-state index contributed by atoms with van der Waals surface area (Å²) < 4.78 is 5.45. The van der Waals surface area contributed by atoms with Crippen molar-refractivity contribution < 1.29 is 4.74 Å². The second kappa shape index (κ2) is 6.54. The maximum absolute atomic E-state index is 5.45. The van der Waals surface area contributed by atoms with E-state index in [-0.39, 0.29) is 0 Å². The summed E-state index contributed by atoms with van der Waals surface area (Å²) in [5.74, 6) is 1.36. The molecule has 2 heterocycles. The van der Waals surface area contributed by atoms with Gasteiger partial charge in [-0.05, 0) is 24.1 Å². The highest BCUT2D eigenvalue weighted by Crippen LogP contribution is 2.12. The lowest BCUT2D eigenvalue weighted by Gasteiger charge is -2.07. The Balaban J connectivity index is 1.93. The van der Waals surface area contributed by atoms with Crippen molar-refractivity contribution in [2.45, 2.75) is 19.9 Å². The molecule has 0 spiro atoms. The molecule has 1 N–H and O–H groups in total. The van der Waals surface area contributed by atoms with Crippen LogP contribution < -0.4 is 10.1 Å². The zero-order valence-electron chi connectivity index (χ0n) is 10.3. The first-order valence-corrected chi connectivity index (χ1v) is 5.96. The van der Waals surface area contributed by atoms with Crippen LogP contribution in [0.2, 0.25) is 0 Å². The van der Waals surface area contributed by atoms with Crippen molar-refractivity contribution in [1.29, 1.82) is 0 Å². The largest absolute Gasteiger partial charge is 0.478 e. The van der Waals surface area contributed by atoms with Crippen molar-refractivity contribution in [3.8, 4) is 5.88 Å². The minimum atomic E-state index is 0.601. The second-order valence-electron chi connectivity index (χ2n) is 3.80. The molecule has 0 saturated carbocycles. The molecule has 0 aromatic carbocycles. The van der Waals surface area contributed by atoms with E-state index in [1.54, 1.807) is 18.5 Å². The van der Waals surface area contributed by atoms with Crippen LogP contribution >= 0.6 is 0 Å². The number of hydrogen-bond acceptors (Lipinski definition) is 5. The number of ether oxygens (including phenoxy) is 1. The van der Waals surface area contributed by atoms with Gasteiger partial charge in [0, 0.05) is 25.0 Å². The van der Waals surface area contributed by atoms with Crippen LogP contribution in [0.25, 0.3) is 0 Å². The summed E-state index contributed by atoms with van der Waals surface area (Å²) in [6.45, 7) is 3.43. The average molecular weight is 244 g/mol. The molecule has 0 aliphatic rings. The Morgan fingerprint density at radius 1 is 1.22 bits per heavy atom. The summed E-state index contributed by atoms with van der Waals surface area (Å²) in [6.07, 6.45) is 6.00. The smallest absolute Gasteiger partial charge is 0.218 e. The number of nitrogens with zero attached hydrogens (tertiary/aromatic N) is 3. The van der Waals surface area contributed by atoms with E-state index in [0.29, 0.717) is 19.0 Å². The standard InChI is InChI=1S/C13H16N4O/c1-2-7-18-13-8-12(16-10-17-13)15-9-11-3-5-14-6-4-11/h3-6,8,10H,2,7,9H2,1H3,(H,15,16,17). The SMILES string of the molecule is CCCOc1cc(NCc2ccncc2)ncn1. The van der Waals surface area contributed by atoms with Crippen molar-refractivity contribution in [2.24, 2.45) is 0 Å². The molecule has 5 heteroatoms. The van der Waals surface area contributed by atoms with E-state index in [1.807, 2.05) is 12.1 Å². The van der Waals surface area contributed by atoms with E-state index in [0.717, 1.165) is 17.8 Å². The number of rotatable bonds is 6. The Kier molecular flexibility index (Phi) is 4.46. The van der Waals surface area contributed by atoms with Crippen LogP contribution in [0, 0.1) is 0 Å². The first-order chi connectivity index (χ1) is 8.88. The topological polar surface area (TPSA) is 59.9 Å². The van der Waals surface area contributed by atoms with E-state index < -0.39 is 0 Å². The second-order valence-corrected chi connectivity index (χ2v) is 3.80. The van der Waals surface area contributed by atoms with Gasteiger partial charge in [-0.25, -0.2) is 9.97 Å². The van der Waals surface area contributed by atoms with Crippen LogP contribution in [0.3, 0.4) is 0 Å². The van der Waals surface area contributed by atoms with Gasteiger partial charge in [-0.2, -0.15) is 0 Å². The summed E-state index contributed by atoms with van der Waals surface area (Å²) >= 11 is 0.